The minimum atomic E-state index is -0.703. The van der Waals surface area contributed by atoms with Crippen LogP contribution in [-0.2, 0) is 11.3 Å². The first-order valence-electron chi connectivity index (χ1n) is 8.36. The number of tetrazole rings is 1. The number of hydrogen-bond donors (Lipinski definition) is 1. The molecule has 1 aromatic heterocycles. The number of nitriles is 1. The first kappa shape index (κ1) is 17.4. The Labute approximate surface area is 150 Å². The number of carbonyl (C=O) groups excluding carboxylic acids is 1. The van der Waals surface area contributed by atoms with Gasteiger partial charge in [-0.3, -0.25) is 4.79 Å². The summed E-state index contributed by atoms with van der Waals surface area (Å²) >= 11 is 1.28. The fourth-order valence-corrected chi connectivity index (χ4v) is 3.69. The van der Waals surface area contributed by atoms with E-state index in [9.17, 15) is 10.1 Å². The summed E-state index contributed by atoms with van der Waals surface area (Å²) in [6.45, 7) is 0.555. The summed E-state index contributed by atoms with van der Waals surface area (Å²) in [5.74, 6) is 0.0428. The van der Waals surface area contributed by atoms with Gasteiger partial charge in [0.15, 0.2) is 0 Å². The van der Waals surface area contributed by atoms with Gasteiger partial charge in [0.1, 0.15) is 5.54 Å². The topological polar surface area (TPSA) is 96.5 Å². The zero-order valence-electron chi connectivity index (χ0n) is 13.9. The van der Waals surface area contributed by atoms with Crippen LogP contribution in [0.5, 0.6) is 0 Å². The number of nitrogens with zero attached hydrogens (tertiary/aromatic N) is 5. The number of thioether (sulfide) groups is 1. The zero-order chi connectivity index (χ0) is 17.5. The van der Waals surface area contributed by atoms with E-state index < -0.39 is 5.54 Å². The van der Waals surface area contributed by atoms with Gasteiger partial charge < -0.3 is 5.32 Å². The van der Waals surface area contributed by atoms with E-state index in [1.54, 1.807) is 4.68 Å². The number of nitrogens with one attached hydrogen (secondary N) is 1. The molecule has 7 nitrogen and oxygen atoms in total. The lowest BCUT2D eigenvalue weighted by molar-refractivity contribution is -0.120. The Kier molecular flexibility index (Phi) is 5.66. The third kappa shape index (κ3) is 4.57. The van der Waals surface area contributed by atoms with Crippen molar-refractivity contribution in [3.8, 4) is 6.07 Å². The first-order chi connectivity index (χ1) is 12.2. The Morgan fingerprint density at radius 2 is 2.04 bits per heavy atom. The third-order valence-electron chi connectivity index (χ3n) is 4.31. The fraction of sp³-hybridized carbons (Fsp3) is 0.471. The van der Waals surface area contributed by atoms with Crippen LogP contribution in [0.4, 0.5) is 0 Å². The molecule has 0 aliphatic heterocycles. The van der Waals surface area contributed by atoms with E-state index in [-0.39, 0.29) is 11.7 Å². The van der Waals surface area contributed by atoms with E-state index in [4.69, 9.17) is 0 Å². The summed E-state index contributed by atoms with van der Waals surface area (Å²) in [7, 11) is 0. The predicted molar refractivity (Wildman–Crippen MR) is 93.7 cm³/mol. The second kappa shape index (κ2) is 8.12. The SMILES string of the molecule is N#CC1(NC(=O)CSc2nnnn2Cc2ccccc2)CCCCC1. The van der Waals surface area contributed by atoms with Crippen LogP contribution in [0.15, 0.2) is 35.5 Å². The number of rotatable bonds is 6. The van der Waals surface area contributed by atoms with Crippen LogP contribution in [0.25, 0.3) is 0 Å². The minimum Gasteiger partial charge on any atom is -0.337 e. The molecule has 130 valence electrons. The smallest absolute Gasteiger partial charge is 0.231 e. The summed E-state index contributed by atoms with van der Waals surface area (Å²) < 4.78 is 1.67. The summed E-state index contributed by atoms with van der Waals surface area (Å²) in [6, 6.07) is 12.2. The van der Waals surface area contributed by atoms with Crippen molar-refractivity contribution < 1.29 is 4.79 Å². The molecule has 1 aromatic carbocycles. The number of hydrogen-bond acceptors (Lipinski definition) is 6. The Balaban J connectivity index is 1.56. The summed E-state index contributed by atoms with van der Waals surface area (Å²) in [4.78, 5) is 12.3. The van der Waals surface area contributed by atoms with Gasteiger partial charge in [-0.1, -0.05) is 61.4 Å². The van der Waals surface area contributed by atoms with Gasteiger partial charge in [0, 0.05) is 0 Å². The molecule has 0 radical (unpaired) electrons. The molecule has 1 saturated carbocycles. The lowest BCUT2D eigenvalue weighted by atomic mass is 9.83. The third-order valence-corrected chi connectivity index (χ3v) is 5.26. The standard InChI is InChI=1S/C17H20N6OS/c18-13-17(9-5-2-6-10-17)19-15(24)12-25-16-20-21-22-23(16)11-14-7-3-1-4-8-14/h1,3-4,7-8H,2,5-6,9-12H2,(H,19,24). The molecule has 1 aliphatic rings. The van der Waals surface area contributed by atoms with Crippen LogP contribution in [0.2, 0.25) is 0 Å². The molecule has 3 rings (SSSR count). The zero-order valence-corrected chi connectivity index (χ0v) is 14.7. The van der Waals surface area contributed by atoms with E-state index in [1.165, 1.54) is 11.8 Å². The van der Waals surface area contributed by atoms with Gasteiger partial charge in [-0.25, -0.2) is 4.68 Å². The monoisotopic (exact) mass is 356 g/mol. The molecule has 8 heteroatoms. The minimum absolute atomic E-state index is 0.150. The van der Waals surface area contributed by atoms with Crippen LogP contribution in [0.1, 0.15) is 37.7 Å². The van der Waals surface area contributed by atoms with Crippen molar-refractivity contribution >= 4 is 17.7 Å². The van der Waals surface area contributed by atoms with E-state index in [0.29, 0.717) is 11.7 Å². The molecule has 0 bridgehead atoms. The molecule has 1 fully saturated rings. The molecule has 0 saturated heterocycles. The maximum Gasteiger partial charge on any atom is 0.231 e. The molecule has 1 N–H and O–H groups in total. The molecule has 1 amide bonds. The maximum absolute atomic E-state index is 12.3. The molecule has 0 atom stereocenters. The summed E-state index contributed by atoms with van der Waals surface area (Å²) in [5, 5.41) is 24.6. The van der Waals surface area contributed by atoms with Crippen molar-refractivity contribution in [1.82, 2.24) is 25.5 Å². The van der Waals surface area contributed by atoms with E-state index in [1.807, 2.05) is 30.3 Å². The highest BCUT2D eigenvalue weighted by Crippen LogP contribution is 2.27. The highest BCUT2D eigenvalue weighted by Gasteiger charge is 2.33. The van der Waals surface area contributed by atoms with Gasteiger partial charge in [0.25, 0.3) is 0 Å². The van der Waals surface area contributed by atoms with E-state index in [0.717, 1.165) is 37.7 Å². The van der Waals surface area contributed by atoms with Crippen LogP contribution in [-0.4, -0.2) is 37.4 Å². The lowest BCUT2D eigenvalue weighted by Crippen LogP contribution is -2.49. The number of amides is 1. The Morgan fingerprint density at radius 3 is 2.76 bits per heavy atom. The number of benzene rings is 1. The molecule has 1 aliphatic carbocycles. The maximum atomic E-state index is 12.3. The quantitative estimate of drug-likeness (QED) is 0.797. The average molecular weight is 356 g/mol. The number of carbonyl (C=O) groups is 1. The highest BCUT2D eigenvalue weighted by atomic mass is 32.2. The number of aromatic nitrogens is 4. The van der Waals surface area contributed by atoms with Crippen LogP contribution in [0.3, 0.4) is 0 Å². The summed E-state index contributed by atoms with van der Waals surface area (Å²) in [6.07, 6.45) is 4.55. The van der Waals surface area contributed by atoms with E-state index >= 15 is 0 Å². The molecular weight excluding hydrogens is 336 g/mol. The fourth-order valence-electron chi connectivity index (χ4n) is 3.01. The normalized spacial score (nSPS) is 16.1. The van der Waals surface area contributed by atoms with Crippen molar-refractivity contribution in [3.63, 3.8) is 0 Å². The molecular formula is C17H20N6OS. The van der Waals surface area contributed by atoms with Crippen molar-refractivity contribution in [2.45, 2.75) is 49.3 Å². The molecule has 0 spiro atoms. The summed E-state index contributed by atoms with van der Waals surface area (Å²) in [5.41, 5.74) is 0.387. The average Bonchev–Trinajstić information content (AvgIpc) is 3.08. The second-order valence-corrected chi connectivity index (χ2v) is 7.14. The first-order valence-corrected chi connectivity index (χ1v) is 9.34. The van der Waals surface area contributed by atoms with Gasteiger partial charge >= 0.3 is 0 Å². The Hall–Kier alpha value is -2.40. The van der Waals surface area contributed by atoms with Crippen molar-refractivity contribution in [1.29, 1.82) is 5.26 Å². The van der Waals surface area contributed by atoms with Gasteiger partial charge in [-0.2, -0.15) is 5.26 Å². The largest absolute Gasteiger partial charge is 0.337 e. The lowest BCUT2D eigenvalue weighted by Gasteiger charge is -2.31. The van der Waals surface area contributed by atoms with Crippen LogP contribution < -0.4 is 5.32 Å². The highest BCUT2D eigenvalue weighted by molar-refractivity contribution is 7.99. The van der Waals surface area contributed by atoms with Crippen LogP contribution >= 0.6 is 11.8 Å². The van der Waals surface area contributed by atoms with Gasteiger partial charge in [0.2, 0.25) is 11.1 Å². The van der Waals surface area contributed by atoms with Crippen LogP contribution in [0, 0.1) is 11.3 Å². The van der Waals surface area contributed by atoms with Crippen molar-refractivity contribution in [3.05, 3.63) is 35.9 Å². The van der Waals surface area contributed by atoms with Gasteiger partial charge in [-0.15, -0.1) is 5.10 Å². The second-order valence-electron chi connectivity index (χ2n) is 6.20. The van der Waals surface area contributed by atoms with E-state index in [2.05, 4.69) is 26.9 Å². The van der Waals surface area contributed by atoms with Gasteiger partial charge in [-0.05, 0) is 28.8 Å². The Bertz CT molecular complexity index is 748. The predicted octanol–water partition coefficient (Wildman–Crippen LogP) is 2.16. The molecule has 25 heavy (non-hydrogen) atoms. The molecule has 1 heterocycles. The molecule has 2 aromatic rings. The molecule has 0 unspecified atom stereocenters. The van der Waals surface area contributed by atoms with Gasteiger partial charge in [0.05, 0.1) is 18.4 Å². The van der Waals surface area contributed by atoms with Crippen molar-refractivity contribution in [2.75, 3.05) is 5.75 Å². The Morgan fingerprint density at radius 1 is 1.28 bits per heavy atom. The van der Waals surface area contributed by atoms with Crippen molar-refractivity contribution in [2.24, 2.45) is 0 Å².